The Morgan fingerprint density at radius 1 is 1.32 bits per heavy atom. The summed E-state index contributed by atoms with van der Waals surface area (Å²) < 4.78 is 25.5. The quantitative estimate of drug-likeness (QED) is 0.820. The van der Waals surface area contributed by atoms with Crippen LogP contribution in [0.5, 0.6) is 0 Å². The predicted octanol–water partition coefficient (Wildman–Crippen LogP) is 1.36. The molecular weight excluding hydrogens is 302 g/mol. The molecule has 0 radical (unpaired) electrons. The molecule has 22 heavy (non-hydrogen) atoms. The Morgan fingerprint density at radius 2 is 1.91 bits per heavy atom. The fourth-order valence-electron chi connectivity index (χ4n) is 1.91. The Bertz CT molecular complexity index is 636. The van der Waals surface area contributed by atoms with E-state index in [0.717, 1.165) is 4.31 Å². The van der Waals surface area contributed by atoms with Gasteiger partial charge in [0.15, 0.2) is 0 Å². The second-order valence-electron chi connectivity index (χ2n) is 5.45. The molecule has 1 amide bonds. The molecule has 0 bridgehead atoms. The maximum absolute atomic E-state index is 12.3. The van der Waals surface area contributed by atoms with Crippen LogP contribution in [0.1, 0.15) is 20.3 Å². The molecule has 1 rings (SSSR count). The van der Waals surface area contributed by atoms with Gasteiger partial charge in [0.25, 0.3) is 0 Å². The normalized spacial score (nSPS) is 12.9. The van der Waals surface area contributed by atoms with E-state index in [2.05, 4.69) is 5.32 Å². The molecule has 0 unspecified atom stereocenters. The van der Waals surface area contributed by atoms with Gasteiger partial charge in [-0.3, -0.25) is 4.79 Å². The Kier molecular flexibility index (Phi) is 6.53. The molecule has 0 saturated heterocycles. The molecule has 0 aliphatic rings. The minimum absolute atomic E-state index is 0.129. The van der Waals surface area contributed by atoms with Crippen molar-refractivity contribution in [1.29, 1.82) is 5.26 Å². The van der Waals surface area contributed by atoms with Crippen LogP contribution in [0.4, 0.5) is 0 Å². The number of rotatable bonds is 7. The third-order valence-corrected chi connectivity index (χ3v) is 4.83. The van der Waals surface area contributed by atoms with E-state index in [-0.39, 0.29) is 17.4 Å². The first-order chi connectivity index (χ1) is 10.3. The molecule has 0 aliphatic carbocycles. The number of sulfonamides is 1. The smallest absolute Gasteiger partial charge is 0.243 e. The molecule has 1 N–H and O–H groups in total. The first kappa shape index (κ1) is 18.1. The lowest BCUT2D eigenvalue weighted by molar-refractivity contribution is -0.121. The van der Waals surface area contributed by atoms with Gasteiger partial charge in [-0.2, -0.15) is 9.57 Å². The van der Waals surface area contributed by atoms with Crippen LogP contribution < -0.4 is 5.32 Å². The molecule has 0 heterocycles. The second-order valence-corrected chi connectivity index (χ2v) is 7.50. The van der Waals surface area contributed by atoms with Gasteiger partial charge >= 0.3 is 0 Å². The highest BCUT2D eigenvalue weighted by Gasteiger charge is 2.23. The van der Waals surface area contributed by atoms with Crippen LogP contribution in [-0.2, 0) is 14.8 Å². The van der Waals surface area contributed by atoms with E-state index in [4.69, 9.17) is 5.26 Å². The van der Waals surface area contributed by atoms with Crippen molar-refractivity contribution in [2.75, 3.05) is 13.6 Å². The standard InChI is InChI=1S/C15H21N3O3S/c1-12(2)9-13(10-16)17-15(19)11-18(3)22(20,21)14-7-5-4-6-8-14/h4-8,12-13H,9,11H2,1-3H3,(H,17,19)/t13-/m0/s1. The van der Waals surface area contributed by atoms with Gasteiger partial charge in [0.05, 0.1) is 17.5 Å². The van der Waals surface area contributed by atoms with Gasteiger partial charge < -0.3 is 5.32 Å². The third kappa shape index (κ3) is 5.13. The number of benzene rings is 1. The molecule has 0 saturated carbocycles. The van der Waals surface area contributed by atoms with Crippen molar-refractivity contribution < 1.29 is 13.2 Å². The number of carbonyl (C=O) groups is 1. The first-order valence-corrected chi connectivity index (χ1v) is 8.41. The van der Waals surface area contributed by atoms with Gasteiger partial charge in [0.2, 0.25) is 15.9 Å². The van der Waals surface area contributed by atoms with Crippen LogP contribution >= 0.6 is 0 Å². The molecule has 0 fully saturated rings. The summed E-state index contributed by atoms with van der Waals surface area (Å²) in [4.78, 5) is 12.0. The molecule has 0 spiro atoms. The Hall–Kier alpha value is -1.91. The van der Waals surface area contributed by atoms with Gasteiger partial charge in [0.1, 0.15) is 6.04 Å². The van der Waals surface area contributed by atoms with Crippen molar-refractivity contribution in [2.45, 2.75) is 31.2 Å². The molecular formula is C15H21N3O3S. The summed E-state index contributed by atoms with van der Waals surface area (Å²) in [6, 6.07) is 9.30. The van der Waals surface area contributed by atoms with Crippen LogP contribution in [0.25, 0.3) is 0 Å². The first-order valence-electron chi connectivity index (χ1n) is 6.97. The predicted molar refractivity (Wildman–Crippen MR) is 83.3 cm³/mol. The summed E-state index contributed by atoms with van der Waals surface area (Å²) in [6.45, 7) is 3.57. The number of nitrogens with zero attached hydrogens (tertiary/aromatic N) is 2. The van der Waals surface area contributed by atoms with Gasteiger partial charge in [-0.05, 0) is 24.5 Å². The Morgan fingerprint density at radius 3 is 2.41 bits per heavy atom. The van der Waals surface area contributed by atoms with E-state index in [1.807, 2.05) is 19.9 Å². The average molecular weight is 323 g/mol. The summed E-state index contributed by atoms with van der Waals surface area (Å²) in [7, 11) is -2.37. The lowest BCUT2D eigenvalue weighted by Crippen LogP contribution is -2.42. The van der Waals surface area contributed by atoms with Crippen molar-refractivity contribution in [3.8, 4) is 6.07 Å². The van der Waals surface area contributed by atoms with Gasteiger partial charge in [-0.25, -0.2) is 8.42 Å². The molecule has 6 nitrogen and oxygen atoms in total. The van der Waals surface area contributed by atoms with Gasteiger partial charge in [0, 0.05) is 7.05 Å². The molecule has 0 aromatic heterocycles. The fourth-order valence-corrected chi connectivity index (χ4v) is 3.06. The maximum Gasteiger partial charge on any atom is 0.243 e. The Labute approximate surface area is 131 Å². The van der Waals surface area contributed by atoms with Crippen molar-refractivity contribution in [3.63, 3.8) is 0 Å². The SMILES string of the molecule is CC(C)C[C@@H](C#N)NC(=O)CN(C)S(=O)(=O)c1ccccc1. The van der Waals surface area contributed by atoms with E-state index >= 15 is 0 Å². The van der Waals surface area contributed by atoms with E-state index < -0.39 is 22.0 Å². The van der Waals surface area contributed by atoms with Crippen molar-refractivity contribution >= 4 is 15.9 Å². The summed E-state index contributed by atoms with van der Waals surface area (Å²) in [5.74, 6) is -0.232. The highest BCUT2D eigenvalue weighted by molar-refractivity contribution is 7.89. The highest BCUT2D eigenvalue weighted by atomic mass is 32.2. The van der Waals surface area contributed by atoms with Crippen LogP contribution in [-0.4, -0.2) is 38.3 Å². The largest absolute Gasteiger partial charge is 0.339 e. The summed E-state index contributed by atoms with van der Waals surface area (Å²) in [6.07, 6.45) is 0.525. The number of nitriles is 1. The van der Waals surface area contributed by atoms with E-state index in [1.54, 1.807) is 18.2 Å². The minimum atomic E-state index is -3.71. The number of likely N-dealkylation sites (N-methyl/N-ethyl adjacent to an activating group) is 1. The summed E-state index contributed by atoms with van der Waals surface area (Å²) in [5.41, 5.74) is 0. The van der Waals surface area contributed by atoms with Crippen molar-refractivity contribution in [1.82, 2.24) is 9.62 Å². The molecule has 1 aromatic rings. The van der Waals surface area contributed by atoms with Crippen LogP contribution in [0.15, 0.2) is 35.2 Å². The second kappa shape index (κ2) is 7.92. The molecule has 7 heteroatoms. The fraction of sp³-hybridized carbons (Fsp3) is 0.467. The topological polar surface area (TPSA) is 90.3 Å². The zero-order chi connectivity index (χ0) is 16.8. The minimum Gasteiger partial charge on any atom is -0.339 e. The number of hydrogen-bond acceptors (Lipinski definition) is 4. The molecule has 1 aromatic carbocycles. The van der Waals surface area contributed by atoms with Crippen LogP contribution in [0.2, 0.25) is 0 Å². The highest BCUT2D eigenvalue weighted by Crippen LogP contribution is 2.13. The van der Waals surface area contributed by atoms with Crippen molar-refractivity contribution in [2.24, 2.45) is 5.92 Å². The molecule has 0 aliphatic heterocycles. The van der Waals surface area contributed by atoms with Gasteiger partial charge in [-0.1, -0.05) is 32.0 Å². The number of nitrogens with one attached hydrogen (secondary N) is 1. The number of amides is 1. The number of hydrogen-bond donors (Lipinski definition) is 1. The summed E-state index contributed by atoms with van der Waals surface area (Å²) >= 11 is 0. The van der Waals surface area contributed by atoms with Crippen LogP contribution in [0.3, 0.4) is 0 Å². The maximum atomic E-state index is 12.3. The Balaban J connectivity index is 2.70. The number of carbonyl (C=O) groups excluding carboxylic acids is 1. The average Bonchev–Trinajstić information content (AvgIpc) is 2.46. The molecule has 1 atom stereocenters. The van der Waals surface area contributed by atoms with E-state index in [1.165, 1.54) is 19.2 Å². The summed E-state index contributed by atoms with van der Waals surface area (Å²) in [5, 5.41) is 11.5. The monoisotopic (exact) mass is 323 g/mol. The van der Waals surface area contributed by atoms with E-state index in [0.29, 0.717) is 6.42 Å². The van der Waals surface area contributed by atoms with Crippen LogP contribution in [0, 0.1) is 17.2 Å². The zero-order valence-electron chi connectivity index (χ0n) is 13.0. The zero-order valence-corrected chi connectivity index (χ0v) is 13.8. The van der Waals surface area contributed by atoms with Crippen molar-refractivity contribution in [3.05, 3.63) is 30.3 Å². The lowest BCUT2D eigenvalue weighted by atomic mass is 10.1. The van der Waals surface area contributed by atoms with E-state index in [9.17, 15) is 13.2 Å². The van der Waals surface area contributed by atoms with Gasteiger partial charge in [-0.15, -0.1) is 0 Å². The third-order valence-electron chi connectivity index (χ3n) is 3.02. The lowest BCUT2D eigenvalue weighted by Gasteiger charge is -2.19. The molecule has 120 valence electrons.